The Morgan fingerprint density at radius 1 is 0.947 bits per heavy atom. The van der Waals surface area contributed by atoms with Crippen LogP contribution in [-0.2, 0) is 4.79 Å². The minimum absolute atomic E-state index is 0.0383. The topological polar surface area (TPSA) is 91.6 Å². The highest BCUT2D eigenvalue weighted by molar-refractivity contribution is 6.32. The highest BCUT2D eigenvalue weighted by Gasteiger charge is 2.16. The summed E-state index contributed by atoms with van der Waals surface area (Å²) in [7, 11) is 3.89. The van der Waals surface area contributed by atoms with Crippen molar-refractivity contribution >= 4 is 41.4 Å². The number of aryl methyl sites for hydroxylation is 1. The Hall–Kier alpha value is -4.69. The van der Waals surface area contributed by atoms with Crippen molar-refractivity contribution in [1.29, 1.82) is 0 Å². The van der Waals surface area contributed by atoms with Gasteiger partial charge in [0.05, 0.1) is 23.2 Å². The average Bonchev–Trinajstić information content (AvgIpc) is 3.22. The Morgan fingerprint density at radius 3 is 2.21 bits per heavy atom. The summed E-state index contributed by atoms with van der Waals surface area (Å²) >= 11 is 6.55. The normalized spacial score (nSPS) is 11.4. The molecule has 4 rings (SSSR count). The highest BCUT2D eigenvalue weighted by Crippen LogP contribution is 2.22. The molecule has 38 heavy (non-hydrogen) atoms. The number of halogens is 1. The number of anilines is 1. The Kier molecular flexibility index (Phi) is 8.35. The van der Waals surface area contributed by atoms with Crippen LogP contribution in [0.2, 0.25) is 5.15 Å². The second kappa shape index (κ2) is 12.0. The van der Waals surface area contributed by atoms with Crippen LogP contribution < -0.4 is 15.6 Å². The molecule has 0 fully saturated rings. The van der Waals surface area contributed by atoms with Gasteiger partial charge >= 0.3 is 0 Å². The van der Waals surface area contributed by atoms with Gasteiger partial charge in [0.2, 0.25) is 0 Å². The van der Waals surface area contributed by atoms with Crippen molar-refractivity contribution in [3.63, 3.8) is 0 Å². The van der Waals surface area contributed by atoms with Crippen LogP contribution in [0.5, 0.6) is 0 Å². The average molecular weight is 527 g/mol. The van der Waals surface area contributed by atoms with Crippen LogP contribution in [0.4, 0.5) is 5.69 Å². The lowest BCUT2D eigenvalue weighted by Gasteiger charge is -2.12. The molecule has 8 nitrogen and oxygen atoms in total. The van der Waals surface area contributed by atoms with E-state index in [9.17, 15) is 9.59 Å². The molecular weight excluding hydrogens is 500 g/mol. The third-order valence-electron chi connectivity index (χ3n) is 5.66. The van der Waals surface area contributed by atoms with Crippen molar-refractivity contribution in [3.8, 4) is 5.69 Å². The first kappa shape index (κ1) is 26.4. The first-order valence-corrected chi connectivity index (χ1v) is 12.2. The fourth-order valence-corrected chi connectivity index (χ4v) is 3.91. The van der Waals surface area contributed by atoms with E-state index in [-0.39, 0.29) is 5.70 Å². The zero-order chi connectivity index (χ0) is 27.1. The van der Waals surface area contributed by atoms with Gasteiger partial charge in [0.1, 0.15) is 10.9 Å². The van der Waals surface area contributed by atoms with Gasteiger partial charge in [0, 0.05) is 25.3 Å². The molecule has 0 unspecified atom stereocenters. The van der Waals surface area contributed by atoms with Crippen LogP contribution in [0.1, 0.15) is 27.2 Å². The van der Waals surface area contributed by atoms with Gasteiger partial charge < -0.3 is 10.2 Å². The number of para-hydroxylation sites is 1. The summed E-state index contributed by atoms with van der Waals surface area (Å²) in [6.07, 6.45) is 3.03. The third kappa shape index (κ3) is 6.35. The molecule has 3 aromatic carbocycles. The largest absolute Gasteiger partial charge is 0.378 e. The predicted octanol–water partition coefficient (Wildman–Crippen LogP) is 4.82. The number of rotatable bonds is 8. The molecule has 1 heterocycles. The van der Waals surface area contributed by atoms with Crippen LogP contribution in [0.25, 0.3) is 11.8 Å². The van der Waals surface area contributed by atoms with Crippen molar-refractivity contribution in [1.82, 2.24) is 20.5 Å². The molecule has 0 saturated heterocycles. The summed E-state index contributed by atoms with van der Waals surface area (Å²) < 4.78 is 1.60. The van der Waals surface area contributed by atoms with E-state index in [2.05, 4.69) is 20.9 Å². The minimum Gasteiger partial charge on any atom is -0.378 e. The first-order chi connectivity index (χ1) is 18.3. The monoisotopic (exact) mass is 526 g/mol. The van der Waals surface area contributed by atoms with E-state index in [1.165, 1.54) is 6.21 Å². The van der Waals surface area contributed by atoms with Crippen LogP contribution in [0.15, 0.2) is 95.7 Å². The van der Waals surface area contributed by atoms with Crippen molar-refractivity contribution in [3.05, 3.63) is 118 Å². The lowest BCUT2D eigenvalue weighted by Crippen LogP contribution is -2.32. The Bertz CT molecular complexity index is 1480. The number of hydrogen-bond acceptors (Lipinski definition) is 5. The molecule has 4 aromatic rings. The summed E-state index contributed by atoms with van der Waals surface area (Å²) in [6.45, 7) is 1.80. The molecule has 0 aliphatic heterocycles. The SMILES string of the molecule is Cc1nn(-c2ccccc2)c(Cl)c1C=NNC(=O)C(=Cc1ccc(N(C)C)cc1)NC(=O)c1ccccc1. The number of hydrazone groups is 1. The summed E-state index contributed by atoms with van der Waals surface area (Å²) in [4.78, 5) is 27.9. The van der Waals surface area contributed by atoms with Gasteiger partial charge in [-0.25, -0.2) is 10.1 Å². The number of nitrogens with one attached hydrogen (secondary N) is 2. The molecule has 2 N–H and O–H groups in total. The van der Waals surface area contributed by atoms with E-state index in [0.717, 1.165) is 16.9 Å². The summed E-state index contributed by atoms with van der Waals surface area (Å²) in [6, 6.07) is 25.7. The van der Waals surface area contributed by atoms with Crippen LogP contribution in [0.3, 0.4) is 0 Å². The first-order valence-electron chi connectivity index (χ1n) is 11.8. The minimum atomic E-state index is -0.591. The van der Waals surface area contributed by atoms with E-state index in [1.54, 1.807) is 41.9 Å². The molecule has 0 atom stereocenters. The number of nitrogens with zero attached hydrogens (tertiary/aromatic N) is 4. The maximum absolute atomic E-state index is 13.1. The molecule has 0 spiro atoms. The van der Waals surface area contributed by atoms with Gasteiger partial charge in [-0.1, -0.05) is 60.1 Å². The van der Waals surface area contributed by atoms with E-state index in [4.69, 9.17) is 11.6 Å². The fraction of sp³-hybridized carbons (Fsp3) is 0.103. The summed E-state index contributed by atoms with van der Waals surface area (Å²) in [5.41, 5.74) is 6.71. The van der Waals surface area contributed by atoms with Crippen LogP contribution in [-0.4, -0.2) is 41.9 Å². The lowest BCUT2D eigenvalue weighted by atomic mass is 10.1. The second-order valence-corrected chi connectivity index (χ2v) is 8.96. The van der Waals surface area contributed by atoms with Crippen molar-refractivity contribution < 1.29 is 9.59 Å². The Morgan fingerprint density at radius 2 is 1.58 bits per heavy atom. The number of hydrogen-bond donors (Lipinski definition) is 2. The quantitative estimate of drug-likeness (QED) is 0.195. The number of carbonyl (C=O) groups is 2. The van der Waals surface area contributed by atoms with Crippen LogP contribution >= 0.6 is 11.6 Å². The van der Waals surface area contributed by atoms with E-state index >= 15 is 0 Å². The highest BCUT2D eigenvalue weighted by atomic mass is 35.5. The number of benzene rings is 3. The standard InChI is InChI=1S/C29H27ClN6O2/c1-20-25(27(30)36(34-20)24-12-8-5-9-13-24)19-31-33-29(38)26(32-28(37)22-10-6-4-7-11-22)18-21-14-16-23(17-15-21)35(2)3/h4-19H,1-3H3,(H,32,37)(H,33,38). The van der Waals surface area contributed by atoms with E-state index in [1.807, 2.05) is 79.7 Å². The zero-order valence-electron chi connectivity index (χ0n) is 21.2. The van der Waals surface area contributed by atoms with Gasteiger partial charge in [-0.05, 0) is 55.0 Å². The van der Waals surface area contributed by atoms with Crippen LogP contribution in [0, 0.1) is 6.92 Å². The third-order valence-corrected chi connectivity index (χ3v) is 6.02. The number of aromatic nitrogens is 2. The van der Waals surface area contributed by atoms with Gasteiger partial charge in [0.15, 0.2) is 0 Å². The van der Waals surface area contributed by atoms with Gasteiger partial charge in [-0.3, -0.25) is 9.59 Å². The summed E-state index contributed by atoms with van der Waals surface area (Å²) in [5, 5.41) is 11.6. The maximum atomic E-state index is 13.1. The smallest absolute Gasteiger partial charge is 0.287 e. The van der Waals surface area contributed by atoms with Crippen molar-refractivity contribution in [2.45, 2.75) is 6.92 Å². The molecule has 1 aromatic heterocycles. The van der Waals surface area contributed by atoms with Gasteiger partial charge in [-0.15, -0.1) is 0 Å². The lowest BCUT2D eigenvalue weighted by molar-refractivity contribution is -0.117. The zero-order valence-corrected chi connectivity index (χ0v) is 22.0. The molecule has 0 saturated carbocycles. The van der Waals surface area contributed by atoms with E-state index in [0.29, 0.717) is 22.0 Å². The Labute approximate surface area is 226 Å². The molecule has 0 radical (unpaired) electrons. The molecule has 2 amide bonds. The van der Waals surface area contributed by atoms with Gasteiger partial charge in [-0.2, -0.15) is 10.2 Å². The molecule has 9 heteroatoms. The van der Waals surface area contributed by atoms with Crippen molar-refractivity contribution in [2.24, 2.45) is 5.10 Å². The predicted molar refractivity (Wildman–Crippen MR) is 152 cm³/mol. The molecule has 0 bridgehead atoms. The van der Waals surface area contributed by atoms with E-state index < -0.39 is 11.8 Å². The molecule has 0 aliphatic rings. The fourth-order valence-electron chi connectivity index (χ4n) is 3.59. The van der Waals surface area contributed by atoms with Crippen molar-refractivity contribution in [2.75, 3.05) is 19.0 Å². The number of carbonyl (C=O) groups excluding carboxylic acids is 2. The molecular formula is C29H27ClN6O2. The van der Waals surface area contributed by atoms with Gasteiger partial charge in [0.25, 0.3) is 11.8 Å². The molecule has 0 aliphatic carbocycles. The summed E-state index contributed by atoms with van der Waals surface area (Å²) in [5.74, 6) is -1.00. The molecule has 192 valence electrons. The second-order valence-electron chi connectivity index (χ2n) is 8.60. The Balaban J connectivity index is 1.56. The number of amides is 2. The maximum Gasteiger partial charge on any atom is 0.287 e.